The first-order valence-electron chi connectivity index (χ1n) is 13.9. The van der Waals surface area contributed by atoms with Gasteiger partial charge in [0.25, 0.3) is 11.9 Å². The van der Waals surface area contributed by atoms with Crippen molar-refractivity contribution in [3.63, 3.8) is 0 Å². The summed E-state index contributed by atoms with van der Waals surface area (Å²) in [6.07, 6.45) is 4.15. The van der Waals surface area contributed by atoms with Gasteiger partial charge < -0.3 is 19.0 Å². The summed E-state index contributed by atoms with van der Waals surface area (Å²) in [6.45, 7) is 5.61. The van der Waals surface area contributed by atoms with E-state index >= 15 is 0 Å². The number of amides is 1. The van der Waals surface area contributed by atoms with E-state index in [2.05, 4.69) is 18.8 Å². The standard InChI is InChI=1S/C34H31NO5/c1-3-5-19-38-23-11-7-21(8-12-23)29-27-17-16-26-25(31(27)35-33(29)36)15-18-28-30(34(37)40-32(26)28)22-9-13-24(14-10-22)39-20-6-4-2/h7-18,37H,3-6,19-20H2,1-2H3. The molecule has 5 aromatic rings. The zero-order valence-corrected chi connectivity index (χ0v) is 22.7. The van der Waals surface area contributed by atoms with Crippen LogP contribution in [0.3, 0.4) is 0 Å². The third kappa shape index (κ3) is 4.60. The quantitative estimate of drug-likeness (QED) is 0.203. The Balaban J connectivity index is 1.39. The fraction of sp³-hybridized carbons (Fsp3) is 0.235. The minimum Gasteiger partial charge on any atom is -0.494 e. The van der Waals surface area contributed by atoms with E-state index in [1.54, 1.807) is 0 Å². The van der Waals surface area contributed by atoms with E-state index in [9.17, 15) is 9.90 Å². The zero-order valence-electron chi connectivity index (χ0n) is 22.7. The highest BCUT2D eigenvalue weighted by Crippen LogP contribution is 2.42. The largest absolute Gasteiger partial charge is 0.494 e. The van der Waals surface area contributed by atoms with E-state index in [-0.39, 0.29) is 11.9 Å². The number of benzene rings is 4. The molecular weight excluding hydrogens is 502 g/mol. The van der Waals surface area contributed by atoms with Crippen molar-refractivity contribution in [3.05, 3.63) is 88.9 Å². The maximum Gasteiger partial charge on any atom is 0.291 e. The molecule has 0 aliphatic carbocycles. The van der Waals surface area contributed by atoms with Crippen LogP contribution in [0.5, 0.6) is 17.4 Å². The van der Waals surface area contributed by atoms with Gasteiger partial charge in [-0.15, -0.1) is 0 Å². The summed E-state index contributed by atoms with van der Waals surface area (Å²) >= 11 is 0. The van der Waals surface area contributed by atoms with Crippen LogP contribution in [-0.4, -0.2) is 24.2 Å². The highest BCUT2D eigenvalue weighted by atomic mass is 16.5. The second-order valence-corrected chi connectivity index (χ2v) is 10.0. The molecule has 4 aromatic carbocycles. The van der Waals surface area contributed by atoms with Crippen molar-refractivity contribution in [1.29, 1.82) is 0 Å². The summed E-state index contributed by atoms with van der Waals surface area (Å²) in [5, 5.41) is 14.6. The number of carbonyl (C=O) groups excluding carboxylic acids is 1. The number of aromatic hydroxyl groups is 1. The number of nitrogens with zero attached hydrogens (tertiary/aromatic N) is 1. The Kier molecular flexibility index (Phi) is 6.99. The van der Waals surface area contributed by atoms with Crippen molar-refractivity contribution in [2.24, 2.45) is 4.99 Å². The predicted molar refractivity (Wildman–Crippen MR) is 156 cm³/mol. The fourth-order valence-electron chi connectivity index (χ4n) is 5.19. The molecule has 1 amide bonds. The van der Waals surface area contributed by atoms with Gasteiger partial charge in [0.15, 0.2) is 0 Å². The normalized spacial score (nSPS) is 12.7. The monoisotopic (exact) mass is 533 g/mol. The van der Waals surface area contributed by atoms with Gasteiger partial charge in [0, 0.05) is 21.4 Å². The van der Waals surface area contributed by atoms with Crippen LogP contribution in [0.15, 0.2) is 82.2 Å². The summed E-state index contributed by atoms with van der Waals surface area (Å²) < 4.78 is 17.5. The topological polar surface area (TPSA) is 81.3 Å². The SMILES string of the molecule is CCCCOc1ccc(C2=c3ccc4c(ccc5c(-c6ccc(OCCCC)cc6)c(O)oc54)c3=NC2=O)cc1. The second-order valence-electron chi connectivity index (χ2n) is 10.0. The summed E-state index contributed by atoms with van der Waals surface area (Å²) in [4.78, 5) is 17.5. The van der Waals surface area contributed by atoms with Crippen LogP contribution in [-0.2, 0) is 4.79 Å². The molecule has 0 fully saturated rings. The van der Waals surface area contributed by atoms with E-state index in [4.69, 9.17) is 13.9 Å². The van der Waals surface area contributed by atoms with Gasteiger partial charge in [-0.1, -0.05) is 63.1 Å². The molecule has 1 aliphatic rings. The number of furan rings is 1. The van der Waals surface area contributed by atoms with Crippen LogP contribution in [0.2, 0.25) is 0 Å². The first kappa shape index (κ1) is 25.7. The summed E-state index contributed by atoms with van der Waals surface area (Å²) in [7, 11) is 0. The van der Waals surface area contributed by atoms with E-state index in [0.717, 1.165) is 69.7 Å². The van der Waals surface area contributed by atoms with Crippen LogP contribution in [0.25, 0.3) is 38.4 Å². The van der Waals surface area contributed by atoms with Gasteiger partial charge in [0.2, 0.25) is 0 Å². The highest BCUT2D eigenvalue weighted by molar-refractivity contribution is 6.22. The van der Waals surface area contributed by atoms with Crippen molar-refractivity contribution in [1.82, 2.24) is 0 Å². The second kappa shape index (κ2) is 10.9. The molecular formula is C34H31NO5. The lowest BCUT2D eigenvalue weighted by atomic mass is 9.99. The Morgan fingerprint density at radius 3 is 1.93 bits per heavy atom. The molecule has 0 saturated heterocycles. The van der Waals surface area contributed by atoms with Crippen LogP contribution >= 0.6 is 0 Å². The number of fused-ring (bicyclic) bond motifs is 5. The smallest absolute Gasteiger partial charge is 0.291 e. The molecule has 6 rings (SSSR count). The molecule has 2 heterocycles. The first-order chi connectivity index (χ1) is 19.6. The Bertz CT molecular complexity index is 1830. The molecule has 0 spiro atoms. The lowest BCUT2D eigenvalue weighted by Crippen LogP contribution is -2.24. The van der Waals surface area contributed by atoms with Crippen molar-refractivity contribution < 1.29 is 23.8 Å². The third-order valence-corrected chi connectivity index (χ3v) is 7.32. The molecule has 40 heavy (non-hydrogen) atoms. The number of ether oxygens (including phenoxy) is 2. The molecule has 6 heteroatoms. The first-order valence-corrected chi connectivity index (χ1v) is 13.9. The van der Waals surface area contributed by atoms with Gasteiger partial charge >= 0.3 is 0 Å². The number of unbranched alkanes of at least 4 members (excludes halogenated alkanes) is 2. The maximum absolute atomic E-state index is 13.1. The van der Waals surface area contributed by atoms with Gasteiger partial charge in [-0.3, -0.25) is 4.79 Å². The summed E-state index contributed by atoms with van der Waals surface area (Å²) in [5.41, 5.74) is 3.38. The zero-order chi connectivity index (χ0) is 27.6. The minimum atomic E-state index is -0.272. The Morgan fingerprint density at radius 2 is 1.30 bits per heavy atom. The van der Waals surface area contributed by atoms with Gasteiger partial charge in [0.05, 0.1) is 29.7 Å². The van der Waals surface area contributed by atoms with Crippen molar-refractivity contribution in [3.8, 4) is 28.6 Å². The van der Waals surface area contributed by atoms with E-state index in [0.29, 0.717) is 35.3 Å². The molecule has 0 saturated carbocycles. The average molecular weight is 534 g/mol. The average Bonchev–Trinajstić information content (AvgIpc) is 3.49. The van der Waals surface area contributed by atoms with Crippen LogP contribution in [0, 0.1) is 0 Å². The highest BCUT2D eigenvalue weighted by Gasteiger charge is 2.22. The lowest BCUT2D eigenvalue weighted by Gasteiger charge is -2.07. The molecule has 1 N–H and O–H groups in total. The fourth-order valence-corrected chi connectivity index (χ4v) is 5.19. The summed E-state index contributed by atoms with van der Waals surface area (Å²) in [5.74, 6) is 1.16. The van der Waals surface area contributed by atoms with Gasteiger partial charge in [-0.25, -0.2) is 4.99 Å². The number of carbonyl (C=O) groups is 1. The minimum absolute atomic E-state index is 0.149. The Labute approximate surface area is 232 Å². The Hall–Kier alpha value is -4.58. The van der Waals surface area contributed by atoms with Gasteiger partial charge in [0.1, 0.15) is 17.1 Å². The van der Waals surface area contributed by atoms with E-state index in [1.807, 2.05) is 72.8 Å². The predicted octanol–water partition coefficient (Wildman–Crippen LogP) is 6.68. The molecule has 202 valence electrons. The number of hydrogen-bond acceptors (Lipinski definition) is 5. The molecule has 0 radical (unpaired) electrons. The van der Waals surface area contributed by atoms with Crippen molar-refractivity contribution >= 4 is 33.2 Å². The van der Waals surface area contributed by atoms with Crippen LogP contribution in [0.1, 0.15) is 45.1 Å². The molecule has 6 nitrogen and oxygen atoms in total. The molecule has 0 atom stereocenters. The molecule has 0 bridgehead atoms. The molecule has 1 aromatic heterocycles. The van der Waals surface area contributed by atoms with Crippen molar-refractivity contribution in [2.45, 2.75) is 39.5 Å². The molecule has 1 aliphatic heterocycles. The lowest BCUT2D eigenvalue weighted by molar-refractivity contribution is -0.112. The molecule has 0 unspecified atom stereocenters. The number of hydrogen-bond donors (Lipinski definition) is 1. The van der Waals surface area contributed by atoms with E-state index < -0.39 is 0 Å². The van der Waals surface area contributed by atoms with E-state index in [1.165, 1.54) is 0 Å². The van der Waals surface area contributed by atoms with Gasteiger partial charge in [-0.2, -0.15) is 0 Å². The number of rotatable bonds is 10. The Morgan fingerprint density at radius 1 is 0.725 bits per heavy atom. The van der Waals surface area contributed by atoms with Crippen LogP contribution in [0.4, 0.5) is 0 Å². The van der Waals surface area contributed by atoms with Crippen LogP contribution < -0.4 is 20.0 Å². The van der Waals surface area contributed by atoms with Gasteiger partial charge in [-0.05, 0) is 60.4 Å². The van der Waals surface area contributed by atoms with Crippen molar-refractivity contribution in [2.75, 3.05) is 13.2 Å². The summed E-state index contributed by atoms with van der Waals surface area (Å²) in [6, 6.07) is 23.0. The maximum atomic E-state index is 13.1. The third-order valence-electron chi connectivity index (χ3n) is 7.32.